The van der Waals surface area contributed by atoms with Gasteiger partial charge in [0.25, 0.3) is 5.91 Å². The second kappa shape index (κ2) is 6.90. The van der Waals surface area contributed by atoms with Gasteiger partial charge in [-0.25, -0.2) is 0 Å². The van der Waals surface area contributed by atoms with Gasteiger partial charge >= 0.3 is 0 Å². The molecule has 0 aliphatic carbocycles. The Labute approximate surface area is 103 Å². The van der Waals surface area contributed by atoms with E-state index in [2.05, 4.69) is 26.8 Å². The lowest BCUT2D eigenvalue weighted by molar-refractivity contribution is -0.116. The molecule has 0 atom stereocenters. The summed E-state index contributed by atoms with van der Waals surface area (Å²) >= 11 is 3.33. The van der Waals surface area contributed by atoms with Gasteiger partial charge in [0, 0.05) is 10.5 Å². The Kier molecular flexibility index (Phi) is 5.42. The third kappa shape index (κ3) is 4.84. The number of halogens is 1. The molecule has 2 N–H and O–H groups in total. The molecule has 0 radical (unpaired) electrons. The molecule has 0 aliphatic rings. The van der Waals surface area contributed by atoms with Gasteiger partial charge in [-0.1, -0.05) is 22.0 Å². The highest BCUT2D eigenvalue weighted by Gasteiger charge is 1.95. The van der Waals surface area contributed by atoms with Crippen molar-refractivity contribution in [3.05, 3.63) is 41.1 Å². The molecule has 5 heteroatoms. The first-order valence-electron chi connectivity index (χ1n) is 4.82. The maximum absolute atomic E-state index is 11.2. The molecule has 0 unspecified atom stereocenters. The fourth-order valence-electron chi connectivity index (χ4n) is 0.948. The van der Waals surface area contributed by atoms with E-state index >= 15 is 0 Å². The number of ether oxygens (including phenoxy) is 1. The monoisotopic (exact) mass is 284 g/mol. The predicted octanol–water partition coefficient (Wildman–Crippen LogP) is 2.44. The van der Waals surface area contributed by atoms with Gasteiger partial charge < -0.3 is 4.74 Å². The van der Waals surface area contributed by atoms with E-state index < -0.39 is 0 Å². The standard InChI is InChI=1S/C11H13BrN2O2/c1-2-16-7-6-11(15)14-13-10-5-3-4-9(12)8-10/h3-8,13H,2H2,1H3,(H,14,15). The summed E-state index contributed by atoms with van der Waals surface area (Å²) in [4.78, 5) is 11.2. The zero-order valence-corrected chi connectivity index (χ0v) is 10.5. The number of hydrogen-bond donors (Lipinski definition) is 2. The van der Waals surface area contributed by atoms with Crippen molar-refractivity contribution in [3.8, 4) is 0 Å². The van der Waals surface area contributed by atoms with Crippen LogP contribution in [0.25, 0.3) is 0 Å². The Morgan fingerprint density at radius 1 is 1.56 bits per heavy atom. The summed E-state index contributed by atoms with van der Waals surface area (Å²) in [6, 6.07) is 7.47. The average molecular weight is 285 g/mol. The summed E-state index contributed by atoms with van der Waals surface area (Å²) in [5, 5.41) is 0. The average Bonchev–Trinajstić information content (AvgIpc) is 2.27. The first-order valence-corrected chi connectivity index (χ1v) is 5.61. The molecule has 16 heavy (non-hydrogen) atoms. The highest BCUT2D eigenvalue weighted by molar-refractivity contribution is 9.10. The Morgan fingerprint density at radius 2 is 2.38 bits per heavy atom. The fourth-order valence-corrected chi connectivity index (χ4v) is 1.35. The van der Waals surface area contributed by atoms with E-state index in [4.69, 9.17) is 4.74 Å². The molecule has 0 saturated carbocycles. The minimum Gasteiger partial charge on any atom is -0.501 e. The number of hydrazine groups is 1. The molecule has 0 bridgehead atoms. The van der Waals surface area contributed by atoms with Crippen molar-refractivity contribution >= 4 is 27.5 Å². The molecule has 0 aromatic heterocycles. The van der Waals surface area contributed by atoms with Crippen LogP contribution in [0.1, 0.15) is 6.92 Å². The zero-order valence-electron chi connectivity index (χ0n) is 8.87. The SMILES string of the molecule is CCOC=CC(=O)NNc1cccc(Br)c1. The molecule has 0 spiro atoms. The van der Waals surface area contributed by atoms with Gasteiger partial charge in [-0.2, -0.15) is 0 Å². The van der Waals surface area contributed by atoms with Crippen molar-refractivity contribution in [1.82, 2.24) is 5.43 Å². The van der Waals surface area contributed by atoms with E-state index in [1.54, 1.807) is 0 Å². The lowest BCUT2D eigenvalue weighted by Gasteiger charge is -2.06. The van der Waals surface area contributed by atoms with E-state index in [0.717, 1.165) is 10.2 Å². The van der Waals surface area contributed by atoms with Gasteiger partial charge in [-0.3, -0.25) is 15.6 Å². The van der Waals surface area contributed by atoms with Crippen molar-refractivity contribution in [2.24, 2.45) is 0 Å². The first-order chi connectivity index (χ1) is 7.72. The molecule has 86 valence electrons. The number of amides is 1. The molecular weight excluding hydrogens is 272 g/mol. The van der Waals surface area contributed by atoms with E-state index in [1.165, 1.54) is 12.3 Å². The third-order valence-electron chi connectivity index (χ3n) is 1.64. The minimum atomic E-state index is -0.270. The van der Waals surface area contributed by atoms with Crippen molar-refractivity contribution in [2.75, 3.05) is 12.0 Å². The molecule has 0 saturated heterocycles. The van der Waals surface area contributed by atoms with Crippen LogP contribution in [-0.4, -0.2) is 12.5 Å². The number of nitrogens with one attached hydrogen (secondary N) is 2. The number of hydrogen-bond acceptors (Lipinski definition) is 3. The number of benzene rings is 1. The second-order valence-corrected chi connectivity index (χ2v) is 3.80. The molecule has 4 nitrogen and oxygen atoms in total. The van der Waals surface area contributed by atoms with Crippen LogP contribution in [-0.2, 0) is 9.53 Å². The lowest BCUT2D eigenvalue weighted by atomic mass is 10.3. The van der Waals surface area contributed by atoms with Crippen molar-refractivity contribution in [3.63, 3.8) is 0 Å². The second-order valence-electron chi connectivity index (χ2n) is 2.88. The van der Waals surface area contributed by atoms with Crippen molar-refractivity contribution in [2.45, 2.75) is 6.92 Å². The Bertz CT molecular complexity index is 380. The highest BCUT2D eigenvalue weighted by Crippen LogP contribution is 2.14. The number of carbonyl (C=O) groups excluding carboxylic acids is 1. The maximum Gasteiger partial charge on any atom is 0.265 e. The Balaban J connectivity index is 2.37. The lowest BCUT2D eigenvalue weighted by Crippen LogP contribution is -2.27. The van der Waals surface area contributed by atoms with Crippen LogP contribution in [0.3, 0.4) is 0 Å². The van der Waals surface area contributed by atoms with Crippen LogP contribution in [0.15, 0.2) is 41.1 Å². The quantitative estimate of drug-likeness (QED) is 0.496. The van der Waals surface area contributed by atoms with Crippen LogP contribution in [0.2, 0.25) is 0 Å². The number of rotatable bonds is 5. The predicted molar refractivity (Wildman–Crippen MR) is 66.7 cm³/mol. The fraction of sp³-hybridized carbons (Fsp3) is 0.182. The molecule has 1 rings (SSSR count). The smallest absolute Gasteiger partial charge is 0.265 e. The van der Waals surface area contributed by atoms with Gasteiger partial charge in [-0.05, 0) is 25.1 Å². The summed E-state index contributed by atoms with van der Waals surface area (Å²) in [6.45, 7) is 2.39. The maximum atomic E-state index is 11.2. The molecule has 1 aromatic carbocycles. The number of anilines is 1. The van der Waals surface area contributed by atoms with E-state index in [-0.39, 0.29) is 5.91 Å². The van der Waals surface area contributed by atoms with Crippen molar-refractivity contribution < 1.29 is 9.53 Å². The molecule has 1 aromatic rings. The van der Waals surface area contributed by atoms with Crippen LogP contribution in [0.5, 0.6) is 0 Å². The van der Waals surface area contributed by atoms with E-state index in [1.807, 2.05) is 31.2 Å². The van der Waals surface area contributed by atoms with Crippen LogP contribution in [0, 0.1) is 0 Å². The van der Waals surface area contributed by atoms with E-state index in [0.29, 0.717) is 6.61 Å². The van der Waals surface area contributed by atoms with Gasteiger partial charge in [0.2, 0.25) is 0 Å². The van der Waals surface area contributed by atoms with E-state index in [9.17, 15) is 4.79 Å². The summed E-state index contributed by atoms with van der Waals surface area (Å²) < 4.78 is 5.84. The molecule has 0 aliphatic heterocycles. The topological polar surface area (TPSA) is 50.4 Å². The van der Waals surface area contributed by atoms with Gasteiger partial charge in [0.05, 0.1) is 18.6 Å². The van der Waals surface area contributed by atoms with Crippen molar-refractivity contribution in [1.29, 1.82) is 0 Å². The van der Waals surface area contributed by atoms with Crippen LogP contribution < -0.4 is 10.9 Å². The normalized spacial score (nSPS) is 10.1. The van der Waals surface area contributed by atoms with Gasteiger partial charge in [0.1, 0.15) is 0 Å². The molecule has 1 amide bonds. The van der Waals surface area contributed by atoms with Gasteiger partial charge in [-0.15, -0.1) is 0 Å². The summed E-state index contributed by atoms with van der Waals surface area (Å²) in [5.41, 5.74) is 6.08. The largest absolute Gasteiger partial charge is 0.501 e. The molecular formula is C11H13BrN2O2. The van der Waals surface area contributed by atoms with Crippen LogP contribution in [0.4, 0.5) is 5.69 Å². The highest BCUT2D eigenvalue weighted by atomic mass is 79.9. The third-order valence-corrected chi connectivity index (χ3v) is 2.13. The Morgan fingerprint density at radius 3 is 3.06 bits per heavy atom. The Hall–Kier alpha value is -1.49. The van der Waals surface area contributed by atoms with Gasteiger partial charge in [0.15, 0.2) is 0 Å². The van der Waals surface area contributed by atoms with Crippen LogP contribution >= 0.6 is 15.9 Å². The zero-order chi connectivity index (χ0) is 11.8. The minimum absolute atomic E-state index is 0.270. The summed E-state index contributed by atoms with van der Waals surface area (Å²) in [5.74, 6) is -0.270. The summed E-state index contributed by atoms with van der Waals surface area (Å²) in [7, 11) is 0. The number of carbonyl (C=O) groups is 1. The summed E-state index contributed by atoms with van der Waals surface area (Å²) in [6.07, 6.45) is 2.67. The molecule has 0 fully saturated rings. The molecule has 0 heterocycles. The first kappa shape index (κ1) is 12.6.